The predicted molar refractivity (Wildman–Crippen MR) is 54.0 cm³/mol. The van der Waals surface area contributed by atoms with Gasteiger partial charge in [-0.1, -0.05) is 12.1 Å². The normalized spacial score (nSPS) is 9.86. The van der Waals surface area contributed by atoms with Crippen molar-refractivity contribution in [3.63, 3.8) is 0 Å². The maximum Gasteiger partial charge on any atom is 1.00 e. The average Bonchev–Trinajstić information content (AvgIpc) is 2.15. The van der Waals surface area contributed by atoms with Crippen LogP contribution in [0.2, 0.25) is 0 Å². The zero-order chi connectivity index (χ0) is 9.42. The van der Waals surface area contributed by atoms with Crippen LogP contribution >= 0.6 is 0 Å². The topological polar surface area (TPSA) is 33.1 Å². The third-order valence-corrected chi connectivity index (χ3v) is 2.26. The average molecular weight is 181 g/mol. The van der Waals surface area contributed by atoms with E-state index in [0.717, 1.165) is 16.5 Å². The Morgan fingerprint density at radius 1 is 1.29 bits per heavy atom. The van der Waals surface area contributed by atoms with Crippen LogP contribution < -0.4 is 18.9 Å². The molecule has 0 radical (unpaired) electrons. The van der Waals surface area contributed by atoms with Crippen molar-refractivity contribution in [3.8, 4) is 5.75 Å². The van der Waals surface area contributed by atoms with Gasteiger partial charge in [0.2, 0.25) is 0 Å². The predicted octanol–water partition coefficient (Wildman–Crippen LogP) is -0.326. The molecular weight excluding hydrogens is 169 g/mol. The van der Waals surface area contributed by atoms with E-state index in [-0.39, 0.29) is 20.3 Å². The van der Waals surface area contributed by atoms with Gasteiger partial charge in [0.15, 0.2) is 0 Å². The number of aromatic nitrogens is 1. The Labute approximate surface area is 96.6 Å². The molecule has 0 aliphatic carbocycles. The van der Waals surface area contributed by atoms with Gasteiger partial charge in [0, 0.05) is 11.6 Å². The Morgan fingerprint density at radius 3 is 2.71 bits per heavy atom. The van der Waals surface area contributed by atoms with E-state index in [1.807, 2.05) is 32.0 Å². The summed E-state index contributed by atoms with van der Waals surface area (Å²) in [6.07, 6.45) is 1.70. The second-order valence-electron chi connectivity index (χ2n) is 3.26. The summed E-state index contributed by atoms with van der Waals surface area (Å²) in [6, 6.07) is 5.82. The first-order valence-electron chi connectivity index (χ1n) is 4.24. The fourth-order valence-electron chi connectivity index (χ4n) is 1.57. The van der Waals surface area contributed by atoms with Crippen molar-refractivity contribution in [1.29, 1.82) is 0 Å². The second kappa shape index (κ2) is 4.04. The third kappa shape index (κ3) is 1.64. The summed E-state index contributed by atoms with van der Waals surface area (Å²) < 4.78 is 0. The zero-order valence-corrected chi connectivity index (χ0v) is 8.70. The summed E-state index contributed by atoms with van der Waals surface area (Å²) in [5.41, 5.74) is 2.72. The molecule has 0 unspecified atom stereocenters. The van der Waals surface area contributed by atoms with E-state index in [4.69, 9.17) is 0 Å². The van der Waals surface area contributed by atoms with Crippen LogP contribution in [0.1, 0.15) is 12.6 Å². The molecule has 0 saturated heterocycles. The van der Waals surface area contributed by atoms with Gasteiger partial charge in [0.05, 0.1) is 0 Å². The number of phenolic OH excluding ortho intramolecular Hbond substituents is 1. The number of hydrogen-bond acceptors (Lipinski definition) is 2. The van der Waals surface area contributed by atoms with E-state index in [1.165, 1.54) is 0 Å². The molecule has 0 atom stereocenters. The van der Waals surface area contributed by atoms with Crippen molar-refractivity contribution in [1.82, 2.24) is 4.98 Å². The molecule has 2 nitrogen and oxygen atoms in total. The van der Waals surface area contributed by atoms with Crippen LogP contribution in [0.3, 0.4) is 0 Å². The number of benzene rings is 1. The van der Waals surface area contributed by atoms with Gasteiger partial charge in [0.1, 0.15) is 11.3 Å². The molecule has 0 aliphatic rings. The minimum atomic E-state index is 0. The number of aryl methyl sites for hydroxylation is 2. The van der Waals surface area contributed by atoms with Crippen molar-refractivity contribution >= 4 is 10.9 Å². The van der Waals surface area contributed by atoms with Gasteiger partial charge < -0.3 is 6.53 Å². The molecule has 2 aromatic rings. The molecule has 14 heavy (non-hydrogen) atoms. The Hall–Kier alpha value is -0.973. The molecule has 0 spiro atoms. The Balaban J connectivity index is 0.000000980. The standard InChI is InChI=1S/C11H11NO.Li.H/c1-7-6-8(2)11(13)10-9(7)4-3-5-12-10;;/h3-6,13H,1-2H3;;/q;+1;-1. The number of nitrogens with zero attached hydrogens (tertiary/aromatic N) is 1. The third-order valence-electron chi connectivity index (χ3n) is 2.26. The summed E-state index contributed by atoms with van der Waals surface area (Å²) in [5, 5.41) is 10.7. The van der Waals surface area contributed by atoms with Crippen molar-refractivity contribution in [3.05, 3.63) is 35.5 Å². The molecular formula is C11H12LiNO. The van der Waals surface area contributed by atoms with Crippen LogP contribution in [0, 0.1) is 13.8 Å². The molecule has 1 aromatic carbocycles. The quantitative estimate of drug-likeness (QED) is 0.565. The molecule has 1 heterocycles. The van der Waals surface area contributed by atoms with Crippen LogP contribution in [0.4, 0.5) is 0 Å². The van der Waals surface area contributed by atoms with Crippen LogP contribution in [-0.2, 0) is 0 Å². The van der Waals surface area contributed by atoms with Crippen molar-refractivity contribution < 1.29 is 25.4 Å². The van der Waals surface area contributed by atoms with E-state index in [2.05, 4.69) is 4.98 Å². The number of fused-ring (bicyclic) bond motifs is 1. The molecule has 1 aromatic heterocycles. The summed E-state index contributed by atoms with van der Waals surface area (Å²) in [4.78, 5) is 4.15. The van der Waals surface area contributed by atoms with Gasteiger partial charge in [-0.3, -0.25) is 4.98 Å². The van der Waals surface area contributed by atoms with Crippen LogP contribution in [0.15, 0.2) is 24.4 Å². The van der Waals surface area contributed by atoms with Crippen LogP contribution in [0.5, 0.6) is 5.75 Å². The molecule has 68 valence electrons. The molecule has 0 fully saturated rings. The first-order chi connectivity index (χ1) is 6.20. The first kappa shape index (κ1) is 11.1. The van der Waals surface area contributed by atoms with E-state index in [1.54, 1.807) is 6.20 Å². The number of hydrogen-bond donors (Lipinski definition) is 1. The molecule has 0 aliphatic heterocycles. The van der Waals surface area contributed by atoms with Gasteiger partial charge in [0.25, 0.3) is 0 Å². The van der Waals surface area contributed by atoms with E-state index in [0.29, 0.717) is 11.3 Å². The fraction of sp³-hybridized carbons (Fsp3) is 0.182. The summed E-state index contributed by atoms with van der Waals surface area (Å²) >= 11 is 0. The van der Waals surface area contributed by atoms with Crippen LogP contribution in [0.25, 0.3) is 10.9 Å². The van der Waals surface area contributed by atoms with Crippen molar-refractivity contribution in [2.45, 2.75) is 13.8 Å². The van der Waals surface area contributed by atoms with Crippen molar-refractivity contribution in [2.24, 2.45) is 0 Å². The zero-order valence-electron chi connectivity index (χ0n) is 9.70. The first-order valence-corrected chi connectivity index (χ1v) is 4.24. The summed E-state index contributed by atoms with van der Waals surface area (Å²) in [7, 11) is 0. The summed E-state index contributed by atoms with van der Waals surface area (Å²) in [6.45, 7) is 3.91. The second-order valence-corrected chi connectivity index (χ2v) is 3.26. The van der Waals surface area contributed by atoms with E-state index >= 15 is 0 Å². The van der Waals surface area contributed by atoms with Gasteiger partial charge >= 0.3 is 18.9 Å². The Morgan fingerprint density at radius 2 is 2.00 bits per heavy atom. The maximum absolute atomic E-state index is 9.72. The minimum absolute atomic E-state index is 0. The van der Waals surface area contributed by atoms with Gasteiger partial charge in [-0.2, -0.15) is 0 Å². The van der Waals surface area contributed by atoms with Gasteiger partial charge in [-0.15, -0.1) is 0 Å². The van der Waals surface area contributed by atoms with E-state index in [9.17, 15) is 5.11 Å². The minimum Gasteiger partial charge on any atom is -1.00 e. The number of rotatable bonds is 0. The van der Waals surface area contributed by atoms with Crippen molar-refractivity contribution in [2.75, 3.05) is 0 Å². The monoisotopic (exact) mass is 181 g/mol. The molecule has 0 bridgehead atoms. The molecule has 0 amide bonds. The Kier molecular flexibility index (Phi) is 3.20. The SMILES string of the molecule is Cc1cc(C)c2cccnc2c1O.[H-].[Li+]. The Bertz CT molecular complexity index is 473. The van der Waals surface area contributed by atoms with E-state index < -0.39 is 0 Å². The molecule has 0 saturated carbocycles. The number of phenols is 1. The fourth-order valence-corrected chi connectivity index (χ4v) is 1.57. The molecule has 1 N–H and O–H groups in total. The largest absolute Gasteiger partial charge is 1.00 e. The maximum atomic E-state index is 9.72. The molecule has 3 heteroatoms. The molecule has 2 rings (SSSR count). The number of pyridine rings is 1. The van der Waals surface area contributed by atoms with Gasteiger partial charge in [-0.05, 0) is 31.0 Å². The number of aromatic hydroxyl groups is 1. The summed E-state index contributed by atoms with van der Waals surface area (Å²) in [5.74, 6) is 0.293. The van der Waals surface area contributed by atoms with Crippen LogP contribution in [-0.4, -0.2) is 10.1 Å². The van der Waals surface area contributed by atoms with Gasteiger partial charge in [-0.25, -0.2) is 0 Å². The smallest absolute Gasteiger partial charge is 1.00 e.